The predicted molar refractivity (Wildman–Crippen MR) is 72.7 cm³/mol. The first-order valence-electron chi connectivity index (χ1n) is 6.70. The Labute approximate surface area is 109 Å². The molecule has 98 valence electrons. The number of carboxylic acids is 1. The van der Waals surface area contributed by atoms with Crippen LogP contribution in [0.5, 0.6) is 0 Å². The molecule has 0 heterocycles. The SMILES string of the molecule is CC(C)(C)c1ccc(CC2CCC2C(=O)O)cc1. The van der Waals surface area contributed by atoms with Crippen molar-refractivity contribution < 1.29 is 9.90 Å². The molecule has 1 N–H and O–H groups in total. The van der Waals surface area contributed by atoms with Gasteiger partial charge in [-0.05, 0) is 41.7 Å². The molecule has 0 spiro atoms. The van der Waals surface area contributed by atoms with Gasteiger partial charge in [0.1, 0.15) is 0 Å². The Kier molecular flexibility index (Phi) is 3.47. The molecule has 2 heteroatoms. The zero-order valence-corrected chi connectivity index (χ0v) is 11.4. The summed E-state index contributed by atoms with van der Waals surface area (Å²) in [5.41, 5.74) is 2.77. The molecule has 1 saturated carbocycles. The third kappa shape index (κ3) is 2.74. The normalized spacial score (nSPS) is 23.5. The van der Waals surface area contributed by atoms with Crippen LogP contribution in [0.1, 0.15) is 44.7 Å². The van der Waals surface area contributed by atoms with Crippen LogP contribution in [0.4, 0.5) is 0 Å². The second-order valence-electron chi connectivity index (χ2n) is 6.43. The zero-order valence-electron chi connectivity index (χ0n) is 11.4. The number of hydrogen-bond donors (Lipinski definition) is 1. The van der Waals surface area contributed by atoms with Crippen LogP contribution in [0.25, 0.3) is 0 Å². The van der Waals surface area contributed by atoms with Gasteiger partial charge in [-0.1, -0.05) is 45.0 Å². The third-order valence-electron chi connectivity index (χ3n) is 4.05. The first-order valence-corrected chi connectivity index (χ1v) is 6.70. The van der Waals surface area contributed by atoms with E-state index in [-0.39, 0.29) is 11.3 Å². The summed E-state index contributed by atoms with van der Waals surface area (Å²) in [5.74, 6) is -0.409. The highest BCUT2D eigenvalue weighted by Crippen LogP contribution is 2.37. The average molecular weight is 246 g/mol. The van der Waals surface area contributed by atoms with Crippen molar-refractivity contribution in [3.63, 3.8) is 0 Å². The van der Waals surface area contributed by atoms with Crippen molar-refractivity contribution in [1.29, 1.82) is 0 Å². The molecular formula is C16H22O2. The number of benzene rings is 1. The van der Waals surface area contributed by atoms with E-state index < -0.39 is 5.97 Å². The minimum absolute atomic E-state index is 0.118. The molecule has 2 unspecified atom stereocenters. The lowest BCUT2D eigenvalue weighted by Crippen LogP contribution is -2.34. The fourth-order valence-corrected chi connectivity index (χ4v) is 2.58. The molecule has 1 aromatic rings. The Morgan fingerprint density at radius 1 is 1.22 bits per heavy atom. The van der Waals surface area contributed by atoms with E-state index in [9.17, 15) is 4.79 Å². The van der Waals surface area contributed by atoms with Gasteiger partial charge in [0.05, 0.1) is 5.92 Å². The zero-order chi connectivity index (χ0) is 13.3. The van der Waals surface area contributed by atoms with Gasteiger partial charge in [-0.2, -0.15) is 0 Å². The highest BCUT2D eigenvalue weighted by atomic mass is 16.4. The maximum atomic E-state index is 11.0. The summed E-state index contributed by atoms with van der Waals surface area (Å²) >= 11 is 0. The fourth-order valence-electron chi connectivity index (χ4n) is 2.58. The minimum atomic E-state index is -0.627. The van der Waals surface area contributed by atoms with Crippen LogP contribution in [-0.4, -0.2) is 11.1 Å². The number of rotatable bonds is 3. The molecule has 18 heavy (non-hydrogen) atoms. The van der Waals surface area contributed by atoms with Crippen LogP contribution >= 0.6 is 0 Å². The van der Waals surface area contributed by atoms with Gasteiger partial charge in [0, 0.05) is 0 Å². The maximum absolute atomic E-state index is 11.0. The van der Waals surface area contributed by atoms with E-state index in [4.69, 9.17) is 5.11 Å². The monoisotopic (exact) mass is 246 g/mol. The second-order valence-corrected chi connectivity index (χ2v) is 6.43. The van der Waals surface area contributed by atoms with Gasteiger partial charge in [0.25, 0.3) is 0 Å². The van der Waals surface area contributed by atoms with E-state index >= 15 is 0 Å². The molecule has 1 aliphatic rings. The molecule has 1 aliphatic carbocycles. The summed E-state index contributed by atoms with van der Waals surface area (Å²) in [6, 6.07) is 8.64. The van der Waals surface area contributed by atoms with Crippen molar-refractivity contribution in [1.82, 2.24) is 0 Å². The van der Waals surface area contributed by atoms with Crippen LogP contribution < -0.4 is 0 Å². The standard InChI is InChI=1S/C16H22O2/c1-16(2,3)13-7-4-11(5-8-13)10-12-6-9-14(12)15(17)18/h4-5,7-8,12,14H,6,9-10H2,1-3H3,(H,17,18). The molecule has 0 aromatic heterocycles. The van der Waals surface area contributed by atoms with Gasteiger partial charge in [0.15, 0.2) is 0 Å². The summed E-state index contributed by atoms with van der Waals surface area (Å²) in [7, 11) is 0. The Balaban J connectivity index is 2.01. The molecule has 0 radical (unpaired) electrons. The minimum Gasteiger partial charge on any atom is -0.481 e. The molecule has 2 nitrogen and oxygen atoms in total. The molecule has 0 bridgehead atoms. The third-order valence-corrected chi connectivity index (χ3v) is 4.05. The highest BCUT2D eigenvalue weighted by molar-refractivity contribution is 5.71. The van der Waals surface area contributed by atoms with Crippen LogP contribution in [0.3, 0.4) is 0 Å². The second kappa shape index (κ2) is 4.75. The molecule has 0 amide bonds. The Morgan fingerprint density at radius 3 is 2.22 bits per heavy atom. The van der Waals surface area contributed by atoms with E-state index in [2.05, 4.69) is 45.0 Å². The van der Waals surface area contributed by atoms with Gasteiger partial charge in [-0.25, -0.2) is 0 Å². The smallest absolute Gasteiger partial charge is 0.306 e. The Bertz CT molecular complexity index is 425. The van der Waals surface area contributed by atoms with Crippen LogP contribution in [-0.2, 0) is 16.6 Å². The molecule has 1 aromatic carbocycles. The lowest BCUT2D eigenvalue weighted by molar-refractivity contribution is -0.147. The number of hydrogen-bond acceptors (Lipinski definition) is 1. The van der Waals surface area contributed by atoms with E-state index in [1.54, 1.807) is 0 Å². The van der Waals surface area contributed by atoms with Gasteiger partial charge in [-0.15, -0.1) is 0 Å². The molecule has 1 fully saturated rings. The van der Waals surface area contributed by atoms with Crippen molar-refractivity contribution in [2.75, 3.05) is 0 Å². The number of carboxylic acid groups (broad SMARTS) is 1. The van der Waals surface area contributed by atoms with E-state index in [0.29, 0.717) is 5.92 Å². The topological polar surface area (TPSA) is 37.3 Å². The molecule has 2 rings (SSSR count). The summed E-state index contributed by atoms with van der Waals surface area (Å²) < 4.78 is 0. The van der Waals surface area contributed by atoms with Crippen molar-refractivity contribution in [2.24, 2.45) is 11.8 Å². The van der Waals surface area contributed by atoms with Crippen molar-refractivity contribution in [3.8, 4) is 0 Å². The van der Waals surface area contributed by atoms with Gasteiger partial charge in [-0.3, -0.25) is 4.79 Å². The predicted octanol–water partition coefficient (Wildman–Crippen LogP) is 3.64. The van der Waals surface area contributed by atoms with Crippen molar-refractivity contribution in [3.05, 3.63) is 35.4 Å². The van der Waals surface area contributed by atoms with Gasteiger partial charge >= 0.3 is 5.97 Å². The summed E-state index contributed by atoms with van der Waals surface area (Å²) in [4.78, 5) is 11.0. The largest absolute Gasteiger partial charge is 0.481 e. The Morgan fingerprint density at radius 2 is 1.83 bits per heavy atom. The van der Waals surface area contributed by atoms with Crippen LogP contribution in [0.2, 0.25) is 0 Å². The van der Waals surface area contributed by atoms with E-state index in [1.165, 1.54) is 11.1 Å². The highest BCUT2D eigenvalue weighted by Gasteiger charge is 2.36. The van der Waals surface area contributed by atoms with Crippen molar-refractivity contribution in [2.45, 2.75) is 45.4 Å². The quantitative estimate of drug-likeness (QED) is 0.884. The van der Waals surface area contributed by atoms with Crippen LogP contribution in [0.15, 0.2) is 24.3 Å². The van der Waals surface area contributed by atoms with Crippen molar-refractivity contribution >= 4 is 5.97 Å². The van der Waals surface area contributed by atoms with Crippen LogP contribution in [0, 0.1) is 11.8 Å². The Hall–Kier alpha value is -1.31. The van der Waals surface area contributed by atoms with Gasteiger partial charge in [0.2, 0.25) is 0 Å². The molecule has 2 atom stereocenters. The average Bonchev–Trinajstić information content (AvgIpc) is 2.23. The lowest BCUT2D eigenvalue weighted by Gasteiger charge is -2.33. The van der Waals surface area contributed by atoms with Gasteiger partial charge < -0.3 is 5.11 Å². The maximum Gasteiger partial charge on any atom is 0.306 e. The fraction of sp³-hybridized carbons (Fsp3) is 0.562. The van der Waals surface area contributed by atoms with E-state index in [1.807, 2.05) is 0 Å². The number of aliphatic carboxylic acids is 1. The first kappa shape index (κ1) is 13.1. The molecular weight excluding hydrogens is 224 g/mol. The number of carbonyl (C=O) groups is 1. The lowest BCUT2D eigenvalue weighted by atomic mass is 9.70. The first-order chi connectivity index (χ1) is 8.38. The molecule has 0 saturated heterocycles. The summed E-state index contributed by atoms with van der Waals surface area (Å²) in [6.07, 6.45) is 2.81. The van der Waals surface area contributed by atoms with E-state index in [0.717, 1.165) is 19.3 Å². The summed E-state index contributed by atoms with van der Waals surface area (Å²) in [5, 5.41) is 9.03. The molecule has 0 aliphatic heterocycles. The summed E-state index contributed by atoms with van der Waals surface area (Å²) in [6.45, 7) is 6.61.